The van der Waals surface area contributed by atoms with Crippen molar-refractivity contribution < 1.29 is 13.6 Å². The van der Waals surface area contributed by atoms with E-state index >= 15 is 0 Å². The van der Waals surface area contributed by atoms with Crippen LogP contribution in [0.15, 0.2) is 12.4 Å². The summed E-state index contributed by atoms with van der Waals surface area (Å²) in [5, 5.41) is 6.37. The molecule has 0 bridgehead atoms. The summed E-state index contributed by atoms with van der Waals surface area (Å²) in [6.45, 7) is -0.483. The summed E-state index contributed by atoms with van der Waals surface area (Å²) in [6, 6.07) is 0. The highest BCUT2D eigenvalue weighted by Crippen LogP contribution is 2.28. The number of alkyl halides is 2. The van der Waals surface area contributed by atoms with Crippen molar-refractivity contribution in [2.45, 2.75) is 44.2 Å². The van der Waals surface area contributed by atoms with Crippen LogP contribution in [0.5, 0.6) is 0 Å². The third-order valence-corrected chi connectivity index (χ3v) is 3.16. The van der Waals surface area contributed by atoms with Gasteiger partial charge in [0.2, 0.25) is 5.91 Å². The first-order chi connectivity index (χ1) is 8.49. The van der Waals surface area contributed by atoms with Crippen molar-refractivity contribution in [1.29, 1.82) is 0 Å². The summed E-state index contributed by atoms with van der Waals surface area (Å²) in [4.78, 5) is 11.9. The molecule has 1 aromatic rings. The van der Waals surface area contributed by atoms with E-state index < -0.39 is 18.5 Å². The lowest BCUT2D eigenvalue weighted by Gasteiger charge is -2.21. The van der Waals surface area contributed by atoms with Gasteiger partial charge in [-0.3, -0.25) is 9.48 Å². The Balaban J connectivity index is 1.96. The lowest BCUT2D eigenvalue weighted by atomic mass is 9.98. The van der Waals surface area contributed by atoms with Crippen molar-refractivity contribution in [2.24, 2.45) is 5.73 Å². The van der Waals surface area contributed by atoms with Gasteiger partial charge in [-0.2, -0.15) is 5.10 Å². The first kappa shape index (κ1) is 12.9. The average Bonchev–Trinajstić information content (AvgIpc) is 2.88. The number of halogens is 2. The summed E-state index contributed by atoms with van der Waals surface area (Å²) in [7, 11) is 0. The number of nitrogens with two attached hydrogens (primary N) is 1. The third-order valence-electron chi connectivity index (χ3n) is 3.16. The number of carbonyl (C=O) groups is 1. The molecule has 1 aliphatic carbocycles. The third kappa shape index (κ3) is 2.84. The van der Waals surface area contributed by atoms with Crippen LogP contribution in [0.2, 0.25) is 0 Å². The average molecular weight is 258 g/mol. The van der Waals surface area contributed by atoms with E-state index in [1.54, 1.807) is 0 Å². The molecule has 1 aromatic heterocycles. The van der Waals surface area contributed by atoms with E-state index in [0.717, 1.165) is 17.5 Å². The smallest absolute Gasteiger partial charge is 0.257 e. The molecule has 1 amide bonds. The monoisotopic (exact) mass is 258 g/mol. The van der Waals surface area contributed by atoms with Gasteiger partial charge in [-0.25, -0.2) is 8.78 Å². The molecule has 2 rings (SSSR count). The van der Waals surface area contributed by atoms with Gasteiger partial charge in [0.15, 0.2) is 0 Å². The number of nitrogens with one attached hydrogen (secondary N) is 1. The molecule has 0 saturated heterocycles. The van der Waals surface area contributed by atoms with E-state index in [4.69, 9.17) is 5.73 Å². The highest BCUT2D eigenvalue weighted by Gasteiger charge is 2.37. The van der Waals surface area contributed by atoms with E-state index in [0.29, 0.717) is 18.5 Å². The molecule has 1 aliphatic rings. The maximum atomic E-state index is 12.1. The molecule has 1 saturated carbocycles. The Morgan fingerprint density at radius 2 is 2.22 bits per heavy atom. The molecule has 3 N–H and O–H groups in total. The van der Waals surface area contributed by atoms with Gasteiger partial charge in [-0.15, -0.1) is 0 Å². The second-order valence-electron chi connectivity index (χ2n) is 4.66. The SMILES string of the molecule is NC1(C(=O)Nc2cnn(CC(F)F)c2)CCCC1. The fourth-order valence-electron chi connectivity index (χ4n) is 2.16. The fourth-order valence-corrected chi connectivity index (χ4v) is 2.16. The molecule has 0 spiro atoms. The van der Waals surface area contributed by atoms with Crippen LogP contribution in [0.3, 0.4) is 0 Å². The molecular weight excluding hydrogens is 242 g/mol. The van der Waals surface area contributed by atoms with Gasteiger partial charge >= 0.3 is 0 Å². The van der Waals surface area contributed by atoms with Gasteiger partial charge in [0, 0.05) is 6.20 Å². The number of anilines is 1. The van der Waals surface area contributed by atoms with E-state index in [1.165, 1.54) is 12.4 Å². The zero-order valence-electron chi connectivity index (χ0n) is 9.90. The number of aromatic nitrogens is 2. The summed E-state index contributed by atoms with van der Waals surface area (Å²) < 4.78 is 25.4. The van der Waals surface area contributed by atoms with Gasteiger partial charge in [0.05, 0.1) is 17.4 Å². The molecule has 100 valence electrons. The van der Waals surface area contributed by atoms with Crippen molar-refractivity contribution in [3.05, 3.63) is 12.4 Å². The Kier molecular flexibility index (Phi) is 3.60. The quantitative estimate of drug-likeness (QED) is 0.856. The number of amides is 1. The lowest BCUT2D eigenvalue weighted by molar-refractivity contribution is -0.121. The van der Waals surface area contributed by atoms with Crippen LogP contribution >= 0.6 is 0 Å². The minimum Gasteiger partial charge on any atom is -0.322 e. The van der Waals surface area contributed by atoms with Gasteiger partial charge in [0.25, 0.3) is 6.43 Å². The Bertz CT molecular complexity index is 426. The molecule has 0 atom stereocenters. The van der Waals surface area contributed by atoms with Crippen LogP contribution in [0.4, 0.5) is 14.5 Å². The predicted octanol–water partition coefficient (Wildman–Crippen LogP) is 1.36. The van der Waals surface area contributed by atoms with Crippen LogP contribution < -0.4 is 11.1 Å². The normalized spacial score (nSPS) is 18.2. The van der Waals surface area contributed by atoms with E-state index in [-0.39, 0.29) is 5.91 Å². The number of carbonyl (C=O) groups excluding carboxylic acids is 1. The van der Waals surface area contributed by atoms with Crippen molar-refractivity contribution >= 4 is 11.6 Å². The molecular formula is C11H16F2N4O. The maximum Gasteiger partial charge on any atom is 0.257 e. The predicted molar refractivity (Wildman–Crippen MR) is 62.2 cm³/mol. The topological polar surface area (TPSA) is 72.9 Å². The second kappa shape index (κ2) is 5.01. The summed E-state index contributed by atoms with van der Waals surface area (Å²) in [6.07, 6.45) is 3.45. The van der Waals surface area contributed by atoms with Crippen LogP contribution in [-0.4, -0.2) is 27.7 Å². The molecule has 18 heavy (non-hydrogen) atoms. The zero-order chi connectivity index (χ0) is 13.2. The molecule has 1 heterocycles. The van der Waals surface area contributed by atoms with Crippen molar-refractivity contribution in [3.63, 3.8) is 0 Å². The van der Waals surface area contributed by atoms with Crippen LogP contribution in [0.1, 0.15) is 25.7 Å². The summed E-state index contributed by atoms with van der Waals surface area (Å²) in [5.41, 5.74) is 5.55. The number of nitrogens with zero attached hydrogens (tertiary/aromatic N) is 2. The van der Waals surface area contributed by atoms with E-state index in [1.807, 2.05) is 0 Å². The van der Waals surface area contributed by atoms with Crippen molar-refractivity contribution in [1.82, 2.24) is 9.78 Å². The highest BCUT2D eigenvalue weighted by atomic mass is 19.3. The first-order valence-electron chi connectivity index (χ1n) is 5.90. The van der Waals surface area contributed by atoms with Crippen molar-refractivity contribution in [2.75, 3.05) is 5.32 Å². The minimum atomic E-state index is -2.47. The standard InChI is InChI=1S/C11H16F2N4O/c12-9(13)7-17-6-8(5-15-17)16-10(18)11(14)3-1-2-4-11/h5-6,9H,1-4,7,14H2,(H,16,18). The number of hydrogen-bond donors (Lipinski definition) is 2. The molecule has 0 aliphatic heterocycles. The molecule has 1 fully saturated rings. The largest absolute Gasteiger partial charge is 0.322 e. The first-order valence-corrected chi connectivity index (χ1v) is 5.90. The van der Waals surface area contributed by atoms with E-state index in [2.05, 4.69) is 10.4 Å². The van der Waals surface area contributed by atoms with Crippen LogP contribution in [0, 0.1) is 0 Å². The maximum absolute atomic E-state index is 12.1. The Labute approximate surface area is 103 Å². The Morgan fingerprint density at radius 3 is 2.83 bits per heavy atom. The molecule has 0 radical (unpaired) electrons. The van der Waals surface area contributed by atoms with Gasteiger partial charge < -0.3 is 11.1 Å². The summed E-state index contributed by atoms with van der Waals surface area (Å²) in [5.74, 6) is -0.267. The summed E-state index contributed by atoms with van der Waals surface area (Å²) >= 11 is 0. The zero-order valence-corrected chi connectivity index (χ0v) is 9.90. The molecule has 0 unspecified atom stereocenters. The Hall–Kier alpha value is -1.50. The second-order valence-corrected chi connectivity index (χ2v) is 4.66. The van der Waals surface area contributed by atoms with Crippen LogP contribution in [-0.2, 0) is 11.3 Å². The molecule has 7 heteroatoms. The van der Waals surface area contributed by atoms with Crippen molar-refractivity contribution in [3.8, 4) is 0 Å². The molecule has 0 aromatic carbocycles. The number of hydrogen-bond acceptors (Lipinski definition) is 3. The van der Waals surface area contributed by atoms with E-state index in [9.17, 15) is 13.6 Å². The van der Waals surface area contributed by atoms with Crippen LogP contribution in [0.25, 0.3) is 0 Å². The number of rotatable bonds is 4. The molecule has 5 nitrogen and oxygen atoms in total. The Morgan fingerprint density at radius 1 is 1.56 bits per heavy atom. The van der Waals surface area contributed by atoms with Gasteiger partial charge in [-0.05, 0) is 12.8 Å². The van der Waals surface area contributed by atoms with Gasteiger partial charge in [-0.1, -0.05) is 12.8 Å². The lowest BCUT2D eigenvalue weighted by Crippen LogP contribution is -2.48. The van der Waals surface area contributed by atoms with Gasteiger partial charge in [0.1, 0.15) is 6.54 Å². The fraction of sp³-hybridized carbons (Fsp3) is 0.636. The minimum absolute atomic E-state index is 0.267. The highest BCUT2D eigenvalue weighted by molar-refractivity contribution is 5.97.